The number of rotatable bonds is 6. The summed E-state index contributed by atoms with van der Waals surface area (Å²) in [6.45, 7) is 8.89. The van der Waals surface area contributed by atoms with Crippen LogP contribution in [0.1, 0.15) is 50.7 Å². The first-order valence-electron chi connectivity index (χ1n) is 11.2. The van der Waals surface area contributed by atoms with Crippen molar-refractivity contribution in [1.82, 2.24) is 0 Å². The van der Waals surface area contributed by atoms with Gasteiger partial charge in [0.25, 0.3) is 0 Å². The van der Waals surface area contributed by atoms with Crippen molar-refractivity contribution >= 4 is 31.1 Å². The van der Waals surface area contributed by atoms with Crippen LogP contribution in [0.25, 0.3) is 21.5 Å². The number of unbranched alkanes of at least 4 members (excludes halogenated alkanes) is 2. The maximum absolute atomic E-state index is 2.31. The van der Waals surface area contributed by atoms with E-state index in [0.29, 0.717) is 0 Å². The standard InChI is InChI=1S/2C13H15.C2H7Si.2FH.Zr/c2*1-2-3-6-11-9-12-7-4-5-8-13(12)10-11;1-3-2;;;/h2*4-5,7-10H,2-3,6H2,1H3;3H,1-2H3;2*1H;/q2*-1;;;;+4/p-2. The Bertz CT molecular complexity index is 814. The van der Waals surface area contributed by atoms with Gasteiger partial charge < -0.3 is 9.41 Å². The van der Waals surface area contributed by atoms with Crippen LogP contribution in [0.5, 0.6) is 0 Å². The number of benzene rings is 2. The minimum Gasteiger partial charge on any atom is -1.00 e. The maximum Gasteiger partial charge on any atom is 4.00 e. The third-order valence-electron chi connectivity index (χ3n) is 4.99. The summed E-state index contributed by atoms with van der Waals surface area (Å²) in [7, 11) is 0.750. The van der Waals surface area contributed by atoms with Crippen LogP contribution in [0.4, 0.5) is 0 Å². The molecule has 4 rings (SSSR count). The second-order valence-electron chi connectivity index (χ2n) is 7.77. The number of aryl methyl sites for hydroxylation is 2. The van der Waals surface area contributed by atoms with Gasteiger partial charge in [0, 0.05) is 9.52 Å². The van der Waals surface area contributed by atoms with Gasteiger partial charge in [-0.15, -0.1) is 81.2 Å². The Balaban J connectivity index is 0. The molecule has 0 amide bonds. The molecule has 0 fully saturated rings. The normalized spacial score (nSPS) is 9.38. The summed E-state index contributed by atoms with van der Waals surface area (Å²) in [6.07, 6.45) is 7.62. The minimum absolute atomic E-state index is 0. The molecule has 0 aliphatic rings. The fraction of sp³-hybridized carbons (Fsp3) is 0.357. The molecule has 4 aromatic carbocycles. The van der Waals surface area contributed by atoms with Crippen LogP contribution in [0, 0.1) is 0 Å². The fourth-order valence-corrected chi connectivity index (χ4v) is 3.48. The molecule has 0 spiro atoms. The van der Waals surface area contributed by atoms with E-state index in [1.807, 2.05) is 0 Å². The number of fused-ring (bicyclic) bond motifs is 2. The van der Waals surface area contributed by atoms with Crippen LogP contribution < -0.4 is 9.41 Å². The predicted octanol–water partition coefficient (Wildman–Crippen LogP) is 2.33. The summed E-state index contributed by atoms with van der Waals surface area (Å²) in [6, 6.07) is 26.4. The van der Waals surface area contributed by atoms with Crippen LogP contribution in [-0.4, -0.2) is 9.52 Å². The summed E-state index contributed by atoms with van der Waals surface area (Å²) >= 11 is 0. The molecule has 0 N–H and O–H groups in total. The first-order chi connectivity index (χ1) is 14.2. The van der Waals surface area contributed by atoms with Crippen molar-refractivity contribution in [3.63, 3.8) is 0 Å². The Morgan fingerprint density at radius 1 is 0.656 bits per heavy atom. The van der Waals surface area contributed by atoms with E-state index in [4.69, 9.17) is 0 Å². The van der Waals surface area contributed by atoms with Crippen molar-refractivity contribution in [3.8, 4) is 0 Å². The molecule has 0 unspecified atom stereocenters. The van der Waals surface area contributed by atoms with Gasteiger partial charge in [0.15, 0.2) is 0 Å². The van der Waals surface area contributed by atoms with Crippen LogP contribution in [0.15, 0.2) is 72.8 Å². The zero-order valence-electron chi connectivity index (χ0n) is 20.0. The van der Waals surface area contributed by atoms with E-state index in [9.17, 15) is 0 Å². The third-order valence-corrected chi connectivity index (χ3v) is 4.99. The van der Waals surface area contributed by atoms with Gasteiger partial charge in [-0.3, -0.25) is 0 Å². The molecular weight excluding hydrogens is 494 g/mol. The second kappa shape index (κ2) is 19.1. The number of hydrogen-bond acceptors (Lipinski definition) is 0. The van der Waals surface area contributed by atoms with Gasteiger partial charge in [-0.05, 0) is 12.8 Å². The quantitative estimate of drug-likeness (QED) is 0.265. The molecule has 4 heteroatoms. The van der Waals surface area contributed by atoms with Crippen LogP contribution in [-0.2, 0) is 39.0 Å². The van der Waals surface area contributed by atoms with Gasteiger partial charge >= 0.3 is 26.2 Å². The zero-order valence-corrected chi connectivity index (χ0v) is 23.6. The van der Waals surface area contributed by atoms with Crippen LogP contribution in [0.2, 0.25) is 13.1 Å². The van der Waals surface area contributed by atoms with Gasteiger partial charge in [-0.25, -0.2) is 0 Å². The van der Waals surface area contributed by atoms with E-state index in [2.05, 4.69) is 99.7 Å². The van der Waals surface area contributed by atoms with Crippen molar-refractivity contribution in [2.75, 3.05) is 0 Å². The zero-order chi connectivity index (χ0) is 20.9. The molecule has 0 heterocycles. The molecular formula is C28H37F2SiZr. The minimum atomic E-state index is 0. The van der Waals surface area contributed by atoms with Crippen molar-refractivity contribution in [1.29, 1.82) is 0 Å². The van der Waals surface area contributed by atoms with E-state index in [1.54, 1.807) is 0 Å². The number of halogens is 2. The van der Waals surface area contributed by atoms with E-state index < -0.39 is 0 Å². The van der Waals surface area contributed by atoms with Crippen LogP contribution in [0.3, 0.4) is 0 Å². The Labute approximate surface area is 215 Å². The largest absolute Gasteiger partial charge is 4.00 e. The van der Waals surface area contributed by atoms with E-state index in [-0.39, 0.29) is 35.6 Å². The summed E-state index contributed by atoms with van der Waals surface area (Å²) in [4.78, 5) is 0. The molecule has 32 heavy (non-hydrogen) atoms. The molecule has 0 atom stereocenters. The topological polar surface area (TPSA) is 0 Å². The molecule has 0 saturated heterocycles. The van der Waals surface area contributed by atoms with Crippen molar-refractivity contribution in [2.24, 2.45) is 0 Å². The SMILES string of the molecule is CCCCc1cc2ccccc2[cH-]1.CCCCc1cc2ccccc2[cH-]1.C[SiH]C.[F-].[F-].[Zr+4]. The first kappa shape index (κ1) is 32.8. The van der Waals surface area contributed by atoms with Crippen molar-refractivity contribution in [3.05, 3.63) is 83.9 Å². The van der Waals surface area contributed by atoms with E-state index in [1.165, 1.54) is 71.2 Å². The Kier molecular flexibility index (Phi) is 19.6. The van der Waals surface area contributed by atoms with Gasteiger partial charge in [0.1, 0.15) is 0 Å². The number of hydrogen-bond donors (Lipinski definition) is 0. The molecule has 0 saturated carbocycles. The predicted molar refractivity (Wildman–Crippen MR) is 135 cm³/mol. The average molecular weight is 531 g/mol. The summed E-state index contributed by atoms with van der Waals surface area (Å²) in [5, 5.41) is 5.53. The Morgan fingerprint density at radius 2 is 1.00 bits per heavy atom. The van der Waals surface area contributed by atoms with Crippen LogP contribution >= 0.6 is 0 Å². The molecule has 0 aliphatic heterocycles. The fourth-order valence-electron chi connectivity index (χ4n) is 3.48. The van der Waals surface area contributed by atoms with Crippen molar-refractivity contribution < 1.29 is 35.6 Å². The van der Waals surface area contributed by atoms with Crippen molar-refractivity contribution in [2.45, 2.75) is 65.5 Å². The van der Waals surface area contributed by atoms with Gasteiger partial charge in [0.05, 0.1) is 0 Å². The first-order valence-corrected chi connectivity index (χ1v) is 13.5. The Hall–Kier alpha value is -1.38. The van der Waals surface area contributed by atoms with E-state index >= 15 is 0 Å². The maximum atomic E-state index is 2.31. The summed E-state index contributed by atoms with van der Waals surface area (Å²) in [5.41, 5.74) is 2.98. The third kappa shape index (κ3) is 11.0. The molecule has 4 aromatic rings. The van der Waals surface area contributed by atoms with Gasteiger partial charge in [-0.2, -0.15) is 12.1 Å². The second-order valence-corrected chi connectivity index (χ2v) is 8.92. The summed E-state index contributed by atoms with van der Waals surface area (Å²) < 4.78 is 0. The summed E-state index contributed by atoms with van der Waals surface area (Å²) in [5.74, 6) is 0. The molecule has 0 bridgehead atoms. The monoisotopic (exact) mass is 529 g/mol. The molecule has 0 aromatic heterocycles. The molecule has 0 nitrogen and oxygen atoms in total. The van der Waals surface area contributed by atoms with Gasteiger partial charge in [0.2, 0.25) is 0 Å². The molecule has 171 valence electrons. The van der Waals surface area contributed by atoms with E-state index in [0.717, 1.165) is 9.52 Å². The molecule has 0 aliphatic carbocycles. The smallest absolute Gasteiger partial charge is 1.00 e. The average Bonchev–Trinajstić information content (AvgIpc) is 3.35. The van der Waals surface area contributed by atoms with Gasteiger partial charge in [-0.1, -0.05) is 64.8 Å². The molecule has 1 radical (unpaired) electrons. The Morgan fingerprint density at radius 3 is 1.31 bits per heavy atom.